The number of carbonyl (C=O) groups excluding carboxylic acids is 1. The number of urea groups is 1. The number of piperidine rings is 1. The van der Waals surface area contributed by atoms with Gasteiger partial charge < -0.3 is 15.3 Å². The molecule has 1 saturated heterocycles. The SMILES string of the molecule is N#Cc1cccc(CNC(=O)N2CCCC[C@@H]2CCO)c1. The summed E-state index contributed by atoms with van der Waals surface area (Å²) in [4.78, 5) is 14.1. The molecule has 0 bridgehead atoms. The fraction of sp³-hybridized carbons (Fsp3) is 0.500. The van der Waals surface area contributed by atoms with E-state index >= 15 is 0 Å². The first-order chi connectivity index (χ1) is 10.2. The molecule has 1 aromatic rings. The number of aliphatic hydroxyl groups excluding tert-OH is 1. The molecule has 1 heterocycles. The number of likely N-dealkylation sites (tertiary alicyclic amines) is 1. The van der Waals surface area contributed by atoms with Crippen molar-refractivity contribution in [1.29, 1.82) is 5.26 Å². The van der Waals surface area contributed by atoms with Crippen molar-refractivity contribution in [1.82, 2.24) is 10.2 Å². The Kier molecular flexibility index (Phi) is 5.59. The van der Waals surface area contributed by atoms with Gasteiger partial charge in [0.25, 0.3) is 0 Å². The number of nitrogens with one attached hydrogen (secondary N) is 1. The molecule has 0 spiro atoms. The summed E-state index contributed by atoms with van der Waals surface area (Å²) in [6, 6.07) is 9.37. The van der Waals surface area contributed by atoms with E-state index in [2.05, 4.69) is 11.4 Å². The van der Waals surface area contributed by atoms with E-state index in [-0.39, 0.29) is 18.7 Å². The molecular formula is C16H21N3O2. The predicted molar refractivity (Wildman–Crippen MR) is 79.4 cm³/mol. The Bertz CT molecular complexity index is 522. The first-order valence-electron chi connectivity index (χ1n) is 7.39. The number of aliphatic hydroxyl groups is 1. The van der Waals surface area contributed by atoms with Crippen molar-refractivity contribution in [3.05, 3.63) is 35.4 Å². The lowest BCUT2D eigenvalue weighted by Crippen LogP contribution is -2.48. The van der Waals surface area contributed by atoms with Gasteiger partial charge in [0.05, 0.1) is 11.6 Å². The number of hydrogen-bond donors (Lipinski definition) is 2. The maximum absolute atomic E-state index is 12.3. The lowest BCUT2D eigenvalue weighted by Gasteiger charge is -2.35. The summed E-state index contributed by atoms with van der Waals surface area (Å²) >= 11 is 0. The zero-order valence-corrected chi connectivity index (χ0v) is 12.1. The van der Waals surface area contributed by atoms with Crippen LogP contribution in [0, 0.1) is 11.3 Å². The first-order valence-corrected chi connectivity index (χ1v) is 7.39. The van der Waals surface area contributed by atoms with Gasteiger partial charge in [-0.1, -0.05) is 12.1 Å². The van der Waals surface area contributed by atoms with Gasteiger partial charge in [0.2, 0.25) is 0 Å². The highest BCUT2D eigenvalue weighted by Gasteiger charge is 2.25. The molecule has 21 heavy (non-hydrogen) atoms. The van der Waals surface area contributed by atoms with E-state index in [0.717, 1.165) is 31.4 Å². The van der Waals surface area contributed by atoms with Crippen molar-refractivity contribution in [3.8, 4) is 6.07 Å². The number of carbonyl (C=O) groups is 1. The second-order valence-corrected chi connectivity index (χ2v) is 5.33. The predicted octanol–water partition coefficient (Wildman–Crippen LogP) is 2.00. The molecule has 0 radical (unpaired) electrons. The topological polar surface area (TPSA) is 76.4 Å². The summed E-state index contributed by atoms with van der Waals surface area (Å²) in [7, 11) is 0. The maximum atomic E-state index is 12.3. The highest BCUT2D eigenvalue weighted by molar-refractivity contribution is 5.74. The molecular weight excluding hydrogens is 266 g/mol. The Hall–Kier alpha value is -2.06. The molecule has 1 aromatic carbocycles. The van der Waals surface area contributed by atoms with Gasteiger partial charge in [0, 0.05) is 25.7 Å². The molecule has 0 saturated carbocycles. The summed E-state index contributed by atoms with van der Waals surface area (Å²) in [5, 5.41) is 20.9. The van der Waals surface area contributed by atoms with Gasteiger partial charge in [-0.15, -0.1) is 0 Å². The van der Waals surface area contributed by atoms with Crippen LogP contribution in [0.25, 0.3) is 0 Å². The van der Waals surface area contributed by atoms with Crippen LogP contribution in [0.1, 0.15) is 36.8 Å². The molecule has 5 nitrogen and oxygen atoms in total. The molecule has 2 rings (SSSR count). The lowest BCUT2D eigenvalue weighted by molar-refractivity contribution is 0.131. The van der Waals surface area contributed by atoms with Gasteiger partial charge in [-0.2, -0.15) is 5.26 Å². The molecule has 1 fully saturated rings. The molecule has 1 atom stereocenters. The van der Waals surface area contributed by atoms with Crippen LogP contribution in [-0.2, 0) is 6.54 Å². The van der Waals surface area contributed by atoms with Crippen molar-refractivity contribution in [2.24, 2.45) is 0 Å². The first kappa shape index (κ1) is 15.3. The largest absolute Gasteiger partial charge is 0.396 e. The normalized spacial score (nSPS) is 18.1. The summed E-state index contributed by atoms with van der Waals surface area (Å²) < 4.78 is 0. The van der Waals surface area contributed by atoms with E-state index in [9.17, 15) is 4.79 Å². The number of amides is 2. The Morgan fingerprint density at radius 1 is 1.48 bits per heavy atom. The van der Waals surface area contributed by atoms with Crippen LogP contribution in [0.15, 0.2) is 24.3 Å². The number of nitriles is 1. The van der Waals surface area contributed by atoms with Crippen LogP contribution < -0.4 is 5.32 Å². The van der Waals surface area contributed by atoms with Crippen LogP contribution in [-0.4, -0.2) is 35.2 Å². The third-order valence-corrected chi connectivity index (χ3v) is 3.85. The average Bonchev–Trinajstić information content (AvgIpc) is 2.53. The third kappa shape index (κ3) is 4.20. The van der Waals surface area contributed by atoms with Gasteiger partial charge in [-0.3, -0.25) is 0 Å². The van der Waals surface area contributed by atoms with E-state index in [4.69, 9.17) is 10.4 Å². The van der Waals surface area contributed by atoms with Gasteiger partial charge >= 0.3 is 6.03 Å². The van der Waals surface area contributed by atoms with E-state index in [1.807, 2.05) is 17.0 Å². The summed E-state index contributed by atoms with van der Waals surface area (Å²) in [5.41, 5.74) is 1.51. The van der Waals surface area contributed by atoms with Gasteiger partial charge in [0.1, 0.15) is 0 Å². The van der Waals surface area contributed by atoms with Crippen LogP contribution >= 0.6 is 0 Å². The summed E-state index contributed by atoms with van der Waals surface area (Å²) in [6.45, 7) is 1.27. The van der Waals surface area contributed by atoms with Gasteiger partial charge in [-0.05, 0) is 43.4 Å². The minimum absolute atomic E-state index is 0.0875. The second kappa shape index (κ2) is 7.65. The van der Waals surface area contributed by atoms with Crippen molar-refractivity contribution in [2.45, 2.75) is 38.3 Å². The molecule has 2 amide bonds. The van der Waals surface area contributed by atoms with Gasteiger partial charge in [-0.25, -0.2) is 4.79 Å². The lowest BCUT2D eigenvalue weighted by atomic mass is 10.0. The fourth-order valence-corrected chi connectivity index (χ4v) is 2.75. The standard InChI is InChI=1S/C16H21N3O2/c17-11-13-4-3-5-14(10-13)12-18-16(21)19-8-2-1-6-15(19)7-9-20/h3-5,10,15,20H,1-2,6-9,12H2,(H,18,21)/t15-/m1/s1. The fourth-order valence-electron chi connectivity index (χ4n) is 2.75. The molecule has 0 aliphatic carbocycles. The highest BCUT2D eigenvalue weighted by atomic mass is 16.3. The van der Waals surface area contributed by atoms with Crippen LogP contribution in [0.3, 0.4) is 0 Å². The van der Waals surface area contributed by atoms with Crippen LogP contribution in [0.2, 0.25) is 0 Å². The van der Waals surface area contributed by atoms with E-state index in [1.54, 1.807) is 12.1 Å². The van der Waals surface area contributed by atoms with E-state index in [0.29, 0.717) is 18.5 Å². The highest BCUT2D eigenvalue weighted by Crippen LogP contribution is 2.19. The molecule has 5 heteroatoms. The molecule has 2 N–H and O–H groups in total. The second-order valence-electron chi connectivity index (χ2n) is 5.33. The van der Waals surface area contributed by atoms with Crippen molar-refractivity contribution >= 4 is 6.03 Å². The Morgan fingerprint density at radius 2 is 2.33 bits per heavy atom. The number of rotatable bonds is 4. The molecule has 112 valence electrons. The van der Waals surface area contributed by atoms with Gasteiger partial charge in [0.15, 0.2) is 0 Å². The minimum Gasteiger partial charge on any atom is -0.396 e. The average molecular weight is 287 g/mol. The van der Waals surface area contributed by atoms with E-state index in [1.165, 1.54) is 0 Å². The Balaban J connectivity index is 1.92. The minimum atomic E-state index is -0.0875. The molecule has 0 unspecified atom stereocenters. The molecule has 1 aliphatic rings. The van der Waals surface area contributed by atoms with Crippen molar-refractivity contribution < 1.29 is 9.90 Å². The zero-order valence-electron chi connectivity index (χ0n) is 12.1. The van der Waals surface area contributed by atoms with Crippen LogP contribution in [0.5, 0.6) is 0 Å². The number of benzene rings is 1. The molecule has 0 aromatic heterocycles. The van der Waals surface area contributed by atoms with Crippen molar-refractivity contribution in [3.63, 3.8) is 0 Å². The zero-order chi connectivity index (χ0) is 15.1. The maximum Gasteiger partial charge on any atom is 0.317 e. The Morgan fingerprint density at radius 3 is 3.10 bits per heavy atom. The monoisotopic (exact) mass is 287 g/mol. The quantitative estimate of drug-likeness (QED) is 0.889. The Labute approximate surface area is 125 Å². The molecule has 1 aliphatic heterocycles. The van der Waals surface area contributed by atoms with Crippen molar-refractivity contribution in [2.75, 3.05) is 13.2 Å². The third-order valence-electron chi connectivity index (χ3n) is 3.85. The smallest absolute Gasteiger partial charge is 0.317 e. The summed E-state index contributed by atoms with van der Waals surface area (Å²) in [5.74, 6) is 0. The summed E-state index contributed by atoms with van der Waals surface area (Å²) in [6.07, 6.45) is 3.72. The number of hydrogen-bond acceptors (Lipinski definition) is 3. The van der Waals surface area contributed by atoms with E-state index < -0.39 is 0 Å². The van der Waals surface area contributed by atoms with Crippen LogP contribution in [0.4, 0.5) is 4.79 Å². The number of nitrogens with zero attached hydrogens (tertiary/aromatic N) is 2.